The third-order valence-corrected chi connectivity index (χ3v) is 4.77. The first-order valence-electron chi connectivity index (χ1n) is 10.7. The number of phenolic OH excluding ortho intramolecular Hbond substituents is 1. The normalized spacial score (nSPS) is 13.4. The number of rotatable bonds is 14. The lowest BCUT2D eigenvalue weighted by Crippen LogP contribution is -2.54. The Bertz CT molecular complexity index is 872. The second-order valence-corrected chi connectivity index (χ2v) is 8.28. The summed E-state index contributed by atoms with van der Waals surface area (Å²) < 4.78 is 0. The number of hydrogen-bond acceptors (Lipinski definition) is 7. The monoisotopic (exact) mass is 480 g/mol. The van der Waals surface area contributed by atoms with E-state index in [1.807, 2.05) is 0 Å². The Morgan fingerprint density at radius 1 is 0.941 bits per heavy atom. The fourth-order valence-electron chi connectivity index (χ4n) is 3.02. The lowest BCUT2D eigenvalue weighted by Gasteiger charge is -2.21. The molecule has 0 spiro atoms. The van der Waals surface area contributed by atoms with Crippen LogP contribution in [0.1, 0.15) is 38.7 Å². The number of amides is 3. The van der Waals surface area contributed by atoms with Crippen LogP contribution in [0, 0.1) is 5.92 Å². The molecule has 34 heavy (non-hydrogen) atoms. The molecule has 1 rings (SSSR count). The van der Waals surface area contributed by atoms with Crippen LogP contribution in [-0.4, -0.2) is 69.7 Å². The van der Waals surface area contributed by atoms with Gasteiger partial charge in [0, 0.05) is 6.42 Å². The maximum absolute atomic E-state index is 12.5. The fourth-order valence-corrected chi connectivity index (χ4v) is 3.02. The second-order valence-electron chi connectivity index (χ2n) is 8.28. The van der Waals surface area contributed by atoms with Crippen molar-refractivity contribution in [3.63, 3.8) is 0 Å². The summed E-state index contributed by atoms with van der Waals surface area (Å²) in [4.78, 5) is 59.3. The number of nitrogens with one attached hydrogen (secondary N) is 3. The molecule has 0 radical (unpaired) electrons. The van der Waals surface area contributed by atoms with Crippen molar-refractivity contribution in [3.05, 3.63) is 29.8 Å². The summed E-state index contributed by atoms with van der Waals surface area (Å²) in [5.41, 5.74) is 6.56. The predicted octanol–water partition coefficient (Wildman–Crippen LogP) is -0.657. The molecule has 12 heteroatoms. The van der Waals surface area contributed by atoms with Gasteiger partial charge in [0.15, 0.2) is 0 Å². The van der Waals surface area contributed by atoms with Gasteiger partial charge in [0.1, 0.15) is 17.8 Å². The summed E-state index contributed by atoms with van der Waals surface area (Å²) in [6.45, 7) is 3.04. The summed E-state index contributed by atoms with van der Waals surface area (Å²) in [5, 5.41) is 34.5. The van der Waals surface area contributed by atoms with Gasteiger partial charge >= 0.3 is 11.9 Å². The van der Waals surface area contributed by atoms with E-state index in [1.54, 1.807) is 26.0 Å². The average Bonchev–Trinajstić information content (AvgIpc) is 2.75. The van der Waals surface area contributed by atoms with Gasteiger partial charge in [-0.1, -0.05) is 26.0 Å². The minimum Gasteiger partial charge on any atom is -0.508 e. The first kappa shape index (κ1) is 28.4. The average molecular weight is 481 g/mol. The maximum Gasteiger partial charge on any atom is 0.326 e. The van der Waals surface area contributed by atoms with E-state index < -0.39 is 60.8 Å². The summed E-state index contributed by atoms with van der Waals surface area (Å²) in [5.74, 6) is -4.58. The molecule has 0 aliphatic heterocycles. The number of carboxylic acid groups (broad SMARTS) is 2. The van der Waals surface area contributed by atoms with Crippen LogP contribution in [-0.2, 0) is 30.4 Å². The van der Waals surface area contributed by atoms with E-state index in [1.165, 1.54) is 12.1 Å². The number of phenols is 1. The third kappa shape index (κ3) is 10.8. The number of nitrogens with two attached hydrogens (primary N) is 1. The summed E-state index contributed by atoms with van der Waals surface area (Å²) in [6, 6.07) is 2.59. The smallest absolute Gasteiger partial charge is 0.326 e. The van der Waals surface area contributed by atoms with Gasteiger partial charge in [0.05, 0.1) is 12.6 Å². The highest BCUT2D eigenvalue weighted by Gasteiger charge is 2.26. The second kappa shape index (κ2) is 13.8. The number of carbonyl (C=O) groups excluding carboxylic acids is 3. The molecule has 0 heterocycles. The van der Waals surface area contributed by atoms with E-state index in [0.717, 1.165) is 0 Å². The zero-order valence-corrected chi connectivity index (χ0v) is 19.1. The van der Waals surface area contributed by atoms with Crippen molar-refractivity contribution in [2.75, 3.05) is 6.54 Å². The molecule has 188 valence electrons. The van der Waals surface area contributed by atoms with E-state index in [4.69, 9.17) is 10.8 Å². The molecule has 8 N–H and O–H groups in total. The summed E-state index contributed by atoms with van der Waals surface area (Å²) in [7, 11) is 0. The van der Waals surface area contributed by atoms with Crippen LogP contribution in [0.5, 0.6) is 5.75 Å². The first-order chi connectivity index (χ1) is 15.9. The quantitative estimate of drug-likeness (QED) is 0.180. The molecule has 0 saturated heterocycles. The van der Waals surface area contributed by atoms with Crippen LogP contribution in [0.3, 0.4) is 0 Å². The third-order valence-electron chi connectivity index (χ3n) is 4.77. The van der Waals surface area contributed by atoms with E-state index in [2.05, 4.69) is 16.0 Å². The Hall–Kier alpha value is -3.67. The Morgan fingerprint density at radius 3 is 2.09 bits per heavy atom. The van der Waals surface area contributed by atoms with Gasteiger partial charge in [-0.25, -0.2) is 4.79 Å². The molecule has 3 atom stereocenters. The Kier molecular flexibility index (Phi) is 11.5. The standard InChI is InChI=1S/C22H32N4O8/c1-12(2)9-17(22(33)34)25-18(28)11-24-21(32)16(7-8-19(29)30)26-20(31)15(23)10-13-3-5-14(27)6-4-13/h3-6,12,15-17,27H,7-11,23H2,1-2H3,(H,24,32)(H,25,28)(H,26,31)(H,29,30)(H,33,34). The lowest BCUT2D eigenvalue weighted by atomic mass is 10.0. The van der Waals surface area contributed by atoms with Crippen molar-refractivity contribution < 1.29 is 39.3 Å². The SMILES string of the molecule is CC(C)CC(NC(=O)CNC(=O)C(CCC(=O)O)NC(=O)C(N)Cc1ccc(O)cc1)C(=O)O. The van der Waals surface area contributed by atoms with Crippen LogP contribution in [0.2, 0.25) is 0 Å². The van der Waals surface area contributed by atoms with Gasteiger partial charge < -0.3 is 37.0 Å². The van der Waals surface area contributed by atoms with Crippen molar-refractivity contribution in [2.45, 2.75) is 57.7 Å². The Labute approximate surface area is 196 Å². The molecular weight excluding hydrogens is 448 g/mol. The number of hydrogen-bond donors (Lipinski definition) is 7. The van der Waals surface area contributed by atoms with Crippen molar-refractivity contribution in [2.24, 2.45) is 11.7 Å². The highest BCUT2D eigenvalue weighted by Crippen LogP contribution is 2.11. The van der Waals surface area contributed by atoms with E-state index >= 15 is 0 Å². The van der Waals surface area contributed by atoms with Gasteiger partial charge in [-0.15, -0.1) is 0 Å². The minimum atomic E-state index is -1.27. The van der Waals surface area contributed by atoms with Crippen LogP contribution in [0.4, 0.5) is 0 Å². The summed E-state index contributed by atoms with van der Waals surface area (Å²) >= 11 is 0. The fraction of sp³-hybridized carbons (Fsp3) is 0.500. The number of aromatic hydroxyl groups is 1. The van der Waals surface area contributed by atoms with Gasteiger partial charge in [-0.2, -0.15) is 0 Å². The van der Waals surface area contributed by atoms with Gasteiger partial charge in [-0.05, 0) is 42.9 Å². The Morgan fingerprint density at radius 2 is 1.56 bits per heavy atom. The van der Waals surface area contributed by atoms with Crippen molar-refractivity contribution in [1.82, 2.24) is 16.0 Å². The van der Waals surface area contributed by atoms with Crippen LogP contribution in [0.15, 0.2) is 24.3 Å². The highest BCUT2D eigenvalue weighted by atomic mass is 16.4. The molecule has 12 nitrogen and oxygen atoms in total. The number of benzene rings is 1. The molecule has 0 aromatic heterocycles. The van der Waals surface area contributed by atoms with Crippen LogP contribution in [0.25, 0.3) is 0 Å². The zero-order valence-electron chi connectivity index (χ0n) is 19.1. The highest BCUT2D eigenvalue weighted by molar-refractivity contribution is 5.92. The van der Waals surface area contributed by atoms with Gasteiger partial charge in [-0.3, -0.25) is 19.2 Å². The number of carboxylic acids is 2. The van der Waals surface area contributed by atoms with Crippen molar-refractivity contribution >= 4 is 29.7 Å². The molecule has 1 aromatic rings. The van der Waals surface area contributed by atoms with E-state index in [0.29, 0.717) is 5.56 Å². The van der Waals surface area contributed by atoms with E-state index in [-0.39, 0.29) is 30.9 Å². The minimum absolute atomic E-state index is 0.0115. The first-order valence-corrected chi connectivity index (χ1v) is 10.7. The molecule has 0 aliphatic carbocycles. The largest absolute Gasteiger partial charge is 0.508 e. The number of aliphatic carboxylic acids is 2. The van der Waals surface area contributed by atoms with E-state index in [9.17, 15) is 34.2 Å². The molecular formula is C22H32N4O8. The van der Waals surface area contributed by atoms with Crippen molar-refractivity contribution in [3.8, 4) is 5.75 Å². The summed E-state index contributed by atoms with van der Waals surface area (Å²) in [6.07, 6.45) is -0.363. The van der Waals surface area contributed by atoms with Crippen LogP contribution >= 0.6 is 0 Å². The molecule has 0 bridgehead atoms. The topological polar surface area (TPSA) is 208 Å². The molecule has 3 amide bonds. The zero-order chi connectivity index (χ0) is 25.8. The van der Waals surface area contributed by atoms with Crippen LogP contribution < -0.4 is 21.7 Å². The molecule has 3 unspecified atom stereocenters. The predicted molar refractivity (Wildman–Crippen MR) is 121 cm³/mol. The molecule has 0 aliphatic rings. The molecule has 0 fully saturated rings. The van der Waals surface area contributed by atoms with Crippen molar-refractivity contribution in [1.29, 1.82) is 0 Å². The lowest BCUT2D eigenvalue weighted by molar-refractivity contribution is -0.142. The number of carbonyl (C=O) groups is 5. The Balaban J connectivity index is 2.71. The maximum atomic E-state index is 12.5. The van der Waals surface area contributed by atoms with Gasteiger partial charge in [0.25, 0.3) is 0 Å². The van der Waals surface area contributed by atoms with Gasteiger partial charge in [0.2, 0.25) is 17.7 Å². The molecule has 0 saturated carbocycles. The molecule has 1 aromatic carbocycles.